The molecule has 1 aliphatic heterocycles. The molecule has 80 valence electrons. The molecule has 0 bridgehead atoms. The number of hydrogen-bond donors (Lipinski definition) is 1. The number of rotatable bonds is 2. The zero-order chi connectivity index (χ0) is 10.7. The van der Waals surface area contributed by atoms with Crippen molar-refractivity contribution in [2.45, 2.75) is 12.2 Å². The second-order valence-corrected chi connectivity index (χ2v) is 4.86. The van der Waals surface area contributed by atoms with Gasteiger partial charge in [-0.25, -0.2) is 0 Å². The number of hydrogen-bond acceptors (Lipinski definition) is 4. The number of nitrogens with zero attached hydrogens (tertiary/aromatic N) is 1. The van der Waals surface area contributed by atoms with Gasteiger partial charge in [-0.3, -0.25) is 4.99 Å². The summed E-state index contributed by atoms with van der Waals surface area (Å²) in [6.07, 6.45) is 0. The van der Waals surface area contributed by atoms with Crippen LogP contribution in [0.4, 0.5) is 5.69 Å². The van der Waals surface area contributed by atoms with E-state index in [1.807, 2.05) is 24.3 Å². The minimum absolute atomic E-state index is 0.582. The molecule has 0 aromatic heterocycles. The van der Waals surface area contributed by atoms with Crippen molar-refractivity contribution >= 4 is 22.6 Å². The van der Waals surface area contributed by atoms with E-state index in [1.54, 1.807) is 18.9 Å². The lowest BCUT2D eigenvalue weighted by Gasteiger charge is -2.07. The first-order valence-electron chi connectivity index (χ1n) is 4.90. The first kappa shape index (κ1) is 10.4. The van der Waals surface area contributed by atoms with Gasteiger partial charge in [0.05, 0.1) is 13.7 Å². The van der Waals surface area contributed by atoms with Crippen LogP contribution in [0.5, 0.6) is 5.75 Å². The standard InChI is InChI=1S/C11H14N2OS/c1-8-7-12-11(15-8)13-9-4-3-5-10(6-9)14-2/h3-6,8H,7H2,1-2H3,(H,12,13)/t8-/m0/s1. The molecule has 1 heterocycles. The van der Waals surface area contributed by atoms with Crippen molar-refractivity contribution in [2.24, 2.45) is 4.99 Å². The molecule has 2 rings (SSSR count). The minimum atomic E-state index is 0.582. The number of benzene rings is 1. The third kappa shape index (κ3) is 2.65. The lowest BCUT2D eigenvalue weighted by molar-refractivity contribution is 0.415. The average Bonchev–Trinajstić information content (AvgIpc) is 2.64. The van der Waals surface area contributed by atoms with Crippen LogP contribution in [0.2, 0.25) is 0 Å². The summed E-state index contributed by atoms with van der Waals surface area (Å²) in [5.74, 6) is 0.858. The largest absolute Gasteiger partial charge is 0.497 e. The molecule has 1 atom stereocenters. The predicted molar refractivity (Wildman–Crippen MR) is 66.0 cm³/mol. The lowest BCUT2D eigenvalue weighted by Crippen LogP contribution is -2.05. The van der Waals surface area contributed by atoms with Crippen LogP contribution in [0.25, 0.3) is 0 Å². The fraction of sp³-hybridized carbons (Fsp3) is 0.364. The van der Waals surface area contributed by atoms with Crippen molar-refractivity contribution in [3.8, 4) is 5.75 Å². The lowest BCUT2D eigenvalue weighted by atomic mass is 10.3. The molecule has 0 aliphatic carbocycles. The van der Waals surface area contributed by atoms with E-state index in [1.165, 1.54) is 0 Å². The molecular weight excluding hydrogens is 208 g/mol. The van der Waals surface area contributed by atoms with Gasteiger partial charge in [0.25, 0.3) is 0 Å². The van der Waals surface area contributed by atoms with Crippen molar-refractivity contribution in [2.75, 3.05) is 19.0 Å². The predicted octanol–water partition coefficient (Wildman–Crippen LogP) is 2.60. The molecule has 15 heavy (non-hydrogen) atoms. The molecule has 0 spiro atoms. The molecule has 0 unspecified atom stereocenters. The molecular formula is C11H14N2OS. The van der Waals surface area contributed by atoms with Gasteiger partial charge in [0.15, 0.2) is 5.17 Å². The molecule has 1 aromatic carbocycles. The monoisotopic (exact) mass is 222 g/mol. The number of amidine groups is 1. The summed E-state index contributed by atoms with van der Waals surface area (Å²) in [6.45, 7) is 3.07. The molecule has 0 fully saturated rings. The normalized spacial score (nSPS) is 19.9. The second-order valence-electron chi connectivity index (χ2n) is 3.43. The van der Waals surface area contributed by atoms with Crippen LogP contribution >= 0.6 is 11.8 Å². The third-order valence-corrected chi connectivity index (χ3v) is 3.13. The maximum Gasteiger partial charge on any atom is 0.161 e. The van der Waals surface area contributed by atoms with Crippen molar-refractivity contribution in [3.05, 3.63) is 24.3 Å². The van der Waals surface area contributed by atoms with E-state index in [0.717, 1.165) is 23.1 Å². The fourth-order valence-corrected chi connectivity index (χ4v) is 2.23. The number of aliphatic imine (C=N–C) groups is 1. The van der Waals surface area contributed by atoms with Gasteiger partial charge in [0, 0.05) is 17.0 Å². The topological polar surface area (TPSA) is 33.6 Å². The summed E-state index contributed by atoms with van der Waals surface area (Å²) in [7, 11) is 1.67. The van der Waals surface area contributed by atoms with Crippen LogP contribution < -0.4 is 10.1 Å². The maximum atomic E-state index is 5.15. The molecule has 1 aliphatic rings. The van der Waals surface area contributed by atoms with E-state index in [2.05, 4.69) is 17.2 Å². The van der Waals surface area contributed by atoms with Gasteiger partial charge in [0.1, 0.15) is 5.75 Å². The zero-order valence-electron chi connectivity index (χ0n) is 8.86. The maximum absolute atomic E-state index is 5.15. The Morgan fingerprint density at radius 3 is 3.07 bits per heavy atom. The Morgan fingerprint density at radius 2 is 2.40 bits per heavy atom. The fourth-order valence-electron chi connectivity index (χ4n) is 1.37. The van der Waals surface area contributed by atoms with Gasteiger partial charge >= 0.3 is 0 Å². The summed E-state index contributed by atoms with van der Waals surface area (Å²) >= 11 is 1.77. The summed E-state index contributed by atoms with van der Waals surface area (Å²) in [6, 6.07) is 7.86. The van der Waals surface area contributed by atoms with E-state index in [9.17, 15) is 0 Å². The molecule has 0 radical (unpaired) electrons. The highest BCUT2D eigenvalue weighted by atomic mass is 32.2. The Hall–Kier alpha value is -1.16. The van der Waals surface area contributed by atoms with Gasteiger partial charge in [0.2, 0.25) is 0 Å². The Balaban J connectivity index is 2.04. The van der Waals surface area contributed by atoms with E-state index >= 15 is 0 Å². The zero-order valence-corrected chi connectivity index (χ0v) is 9.67. The number of nitrogens with one attached hydrogen (secondary N) is 1. The van der Waals surface area contributed by atoms with Crippen LogP contribution in [-0.4, -0.2) is 24.1 Å². The molecule has 1 N–H and O–H groups in total. The SMILES string of the molecule is COc1cccc(NC2=NC[C@H](C)S2)c1. The first-order chi connectivity index (χ1) is 7.28. The summed E-state index contributed by atoms with van der Waals surface area (Å²) < 4.78 is 5.15. The molecule has 0 amide bonds. The van der Waals surface area contributed by atoms with Crippen molar-refractivity contribution in [1.82, 2.24) is 0 Å². The van der Waals surface area contributed by atoms with Gasteiger partial charge in [-0.2, -0.15) is 0 Å². The number of ether oxygens (including phenoxy) is 1. The average molecular weight is 222 g/mol. The Bertz CT molecular complexity index is 379. The van der Waals surface area contributed by atoms with Gasteiger partial charge in [-0.05, 0) is 12.1 Å². The summed E-state index contributed by atoms with van der Waals surface area (Å²) in [5, 5.41) is 4.86. The van der Waals surface area contributed by atoms with Gasteiger partial charge in [-0.15, -0.1) is 0 Å². The molecule has 1 aromatic rings. The van der Waals surface area contributed by atoms with E-state index < -0.39 is 0 Å². The molecule has 0 saturated heterocycles. The van der Waals surface area contributed by atoms with E-state index in [4.69, 9.17) is 4.74 Å². The molecule has 4 heteroatoms. The van der Waals surface area contributed by atoms with Crippen molar-refractivity contribution < 1.29 is 4.74 Å². The highest BCUT2D eigenvalue weighted by Crippen LogP contribution is 2.23. The van der Waals surface area contributed by atoms with Crippen LogP contribution in [0, 0.1) is 0 Å². The van der Waals surface area contributed by atoms with Gasteiger partial charge in [-0.1, -0.05) is 24.8 Å². The number of methoxy groups -OCH3 is 1. The first-order valence-corrected chi connectivity index (χ1v) is 5.78. The van der Waals surface area contributed by atoms with Crippen LogP contribution in [0.15, 0.2) is 29.3 Å². The van der Waals surface area contributed by atoms with Crippen molar-refractivity contribution in [3.63, 3.8) is 0 Å². The Morgan fingerprint density at radius 1 is 1.53 bits per heavy atom. The van der Waals surface area contributed by atoms with Crippen LogP contribution in [0.1, 0.15) is 6.92 Å². The number of thioether (sulfide) groups is 1. The van der Waals surface area contributed by atoms with Crippen LogP contribution in [-0.2, 0) is 0 Å². The van der Waals surface area contributed by atoms with Crippen LogP contribution in [0.3, 0.4) is 0 Å². The highest BCUT2D eigenvalue weighted by molar-refractivity contribution is 8.15. The van der Waals surface area contributed by atoms with Crippen molar-refractivity contribution in [1.29, 1.82) is 0 Å². The summed E-state index contributed by atoms with van der Waals surface area (Å²) in [5.41, 5.74) is 1.02. The minimum Gasteiger partial charge on any atom is -0.497 e. The highest BCUT2D eigenvalue weighted by Gasteiger charge is 2.14. The van der Waals surface area contributed by atoms with E-state index in [-0.39, 0.29) is 0 Å². The van der Waals surface area contributed by atoms with E-state index in [0.29, 0.717) is 5.25 Å². The molecule has 0 saturated carbocycles. The summed E-state index contributed by atoms with van der Waals surface area (Å²) in [4.78, 5) is 4.40. The molecule has 3 nitrogen and oxygen atoms in total. The van der Waals surface area contributed by atoms with Gasteiger partial charge < -0.3 is 10.1 Å². The second kappa shape index (κ2) is 4.57. The quantitative estimate of drug-likeness (QED) is 0.835. The Kier molecular flexibility index (Phi) is 3.16. The third-order valence-electron chi connectivity index (χ3n) is 2.13. The Labute approximate surface area is 93.9 Å². The number of anilines is 1. The smallest absolute Gasteiger partial charge is 0.161 e.